The number of halogens is 1. The number of fused-ring (bicyclic) bond motifs is 1. The van der Waals surface area contributed by atoms with Gasteiger partial charge >= 0.3 is 0 Å². The minimum Gasteiger partial charge on any atom is -0.454 e. The fraction of sp³-hybridized carbons (Fsp3) is 0.182. The molecule has 1 aromatic carbocycles. The van der Waals surface area contributed by atoms with Crippen LogP contribution in [0.2, 0.25) is 4.47 Å². The second kappa shape index (κ2) is 5.02. The van der Waals surface area contributed by atoms with Crippen LogP contribution in [0.4, 0.5) is 0 Å². The van der Waals surface area contributed by atoms with Gasteiger partial charge in [0.05, 0.1) is 0 Å². The molecule has 6 nitrogen and oxygen atoms in total. The molecule has 0 fully saturated rings. The van der Waals surface area contributed by atoms with Crippen molar-refractivity contribution in [2.45, 2.75) is 6.54 Å². The Hall–Kier alpha value is -1.86. The summed E-state index contributed by atoms with van der Waals surface area (Å²) in [5.41, 5.74) is 0.910. The molecule has 8 heteroatoms. The van der Waals surface area contributed by atoms with Crippen molar-refractivity contribution in [2.75, 3.05) is 6.79 Å². The van der Waals surface area contributed by atoms with Gasteiger partial charge in [-0.2, -0.15) is 0 Å². The summed E-state index contributed by atoms with van der Waals surface area (Å²) in [6.45, 7) is 0.598. The van der Waals surface area contributed by atoms with Gasteiger partial charge in [-0.1, -0.05) is 17.4 Å². The predicted octanol–water partition coefficient (Wildman–Crippen LogP) is 1.85. The number of amides is 1. The summed E-state index contributed by atoms with van der Waals surface area (Å²) < 4.78 is 10.7. The highest BCUT2D eigenvalue weighted by Gasteiger charge is 2.15. The zero-order chi connectivity index (χ0) is 13.2. The molecule has 1 aliphatic heterocycles. The number of rotatable bonds is 3. The molecule has 3 rings (SSSR count). The number of nitrogens with zero attached hydrogens (tertiary/aromatic N) is 2. The van der Waals surface area contributed by atoms with E-state index in [1.807, 2.05) is 18.2 Å². The van der Waals surface area contributed by atoms with Gasteiger partial charge in [-0.05, 0) is 29.3 Å². The first kappa shape index (κ1) is 12.2. The van der Waals surface area contributed by atoms with E-state index < -0.39 is 0 Å². The highest BCUT2D eigenvalue weighted by molar-refractivity contribution is 7.17. The van der Waals surface area contributed by atoms with Crippen LogP contribution in [0.25, 0.3) is 0 Å². The Kier molecular flexibility index (Phi) is 3.22. The second-order valence-electron chi connectivity index (χ2n) is 3.73. The molecule has 0 aliphatic carbocycles. The first-order chi connectivity index (χ1) is 9.22. The monoisotopic (exact) mass is 297 g/mol. The van der Waals surface area contributed by atoms with E-state index in [-0.39, 0.29) is 22.2 Å². The molecular weight excluding hydrogens is 290 g/mol. The van der Waals surface area contributed by atoms with E-state index in [2.05, 4.69) is 15.5 Å². The third-order valence-electron chi connectivity index (χ3n) is 2.48. The van der Waals surface area contributed by atoms with Crippen molar-refractivity contribution in [3.63, 3.8) is 0 Å². The summed E-state index contributed by atoms with van der Waals surface area (Å²) in [6.07, 6.45) is 0. The first-order valence-corrected chi connectivity index (χ1v) is 6.57. The molecule has 1 aromatic heterocycles. The predicted molar refractivity (Wildman–Crippen MR) is 68.7 cm³/mol. The lowest BCUT2D eigenvalue weighted by molar-refractivity contribution is 0.0949. The van der Waals surface area contributed by atoms with Gasteiger partial charge < -0.3 is 14.8 Å². The zero-order valence-corrected chi connectivity index (χ0v) is 11.1. The standard InChI is InChI=1S/C11H8ClN3O3S/c12-11-15-14-10(19-11)9(16)13-4-6-1-2-7-8(3-6)18-5-17-7/h1-3H,4-5H2,(H,13,16). The van der Waals surface area contributed by atoms with Gasteiger partial charge in [-0.25, -0.2) is 0 Å². The number of nitrogens with one attached hydrogen (secondary N) is 1. The Bertz CT molecular complexity index is 631. The Morgan fingerprint density at radius 1 is 1.37 bits per heavy atom. The van der Waals surface area contributed by atoms with Crippen LogP contribution in [0.5, 0.6) is 11.5 Å². The SMILES string of the molecule is O=C(NCc1ccc2c(c1)OCO2)c1nnc(Cl)s1. The van der Waals surface area contributed by atoms with Crippen LogP contribution in [0, 0.1) is 0 Å². The number of aromatic nitrogens is 2. The molecular formula is C11H8ClN3O3S. The van der Waals surface area contributed by atoms with Crippen LogP contribution in [-0.2, 0) is 6.54 Å². The van der Waals surface area contributed by atoms with E-state index in [0.717, 1.165) is 16.9 Å². The lowest BCUT2D eigenvalue weighted by Crippen LogP contribution is -2.22. The number of hydrogen-bond acceptors (Lipinski definition) is 6. The molecule has 1 amide bonds. The molecule has 98 valence electrons. The molecule has 0 spiro atoms. The van der Waals surface area contributed by atoms with Crippen molar-refractivity contribution in [1.29, 1.82) is 0 Å². The van der Waals surface area contributed by atoms with Crippen molar-refractivity contribution in [3.8, 4) is 11.5 Å². The zero-order valence-electron chi connectivity index (χ0n) is 9.55. The molecule has 1 N–H and O–H groups in total. The lowest BCUT2D eigenvalue weighted by Gasteiger charge is -2.04. The first-order valence-electron chi connectivity index (χ1n) is 5.38. The highest BCUT2D eigenvalue weighted by atomic mass is 35.5. The molecule has 2 aromatic rings. The van der Waals surface area contributed by atoms with E-state index in [0.29, 0.717) is 18.0 Å². The van der Waals surface area contributed by atoms with Crippen molar-refractivity contribution in [3.05, 3.63) is 33.2 Å². The van der Waals surface area contributed by atoms with Gasteiger partial charge in [-0.15, -0.1) is 10.2 Å². The van der Waals surface area contributed by atoms with Crippen LogP contribution >= 0.6 is 22.9 Å². The van der Waals surface area contributed by atoms with E-state index in [1.54, 1.807) is 0 Å². The highest BCUT2D eigenvalue weighted by Crippen LogP contribution is 2.32. The largest absolute Gasteiger partial charge is 0.454 e. The summed E-state index contributed by atoms with van der Waals surface area (Å²) in [6, 6.07) is 5.50. The quantitative estimate of drug-likeness (QED) is 0.936. The summed E-state index contributed by atoms with van der Waals surface area (Å²) in [5, 5.41) is 10.2. The van der Waals surface area contributed by atoms with E-state index in [9.17, 15) is 4.79 Å². The van der Waals surface area contributed by atoms with Gasteiger partial charge in [0.2, 0.25) is 16.3 Å². The maximum Gasteiger partial charge on any atom is 0.282 e. The van der Waals surface area contributed by atoms with E-state index >= 15 is 0 Å². The topological polar surface area (TPSA) is 73.3 Å². The Balaban J connectivity index is 1.64. The van der Waals surface area contributed by atoms with Crippen molar-refractivity contribution in [2.24, 2.45) is 0 Å². The number of hydrogen-bond donors (Lipinski definition) is 1. The maximum atomic E-state index is 11.7. The van der Waals surface area contributed by atoms with Crippen LogP contribution < -0.4 is 14.8 Å². The van der Waals surface area contributed by atoms with Gasteiger partial charge in [0.15, 0.2) is 11.5 Å². The van der Waals surface area contributed by atoms with Gasteiger partial charge in [0, 0.05) is 6.54 Å². The lowest BCUT2D eigenvalue weighted by atomic mass is 10.2. The van der Waals surface area contributed by atoms with Crippen LogP contribution in [-0.4, -0.2) is 22.9 Å². The van der Waals surface area contributed by atoms with Crippen molar-refractivity contribution < 1.29 is 14.3 Å². The number of carbonyl (C=O) groups is 1. The average molecular weight is 298 g/mol. The smallest absolute Gasteiger partial charge is 0.282 e. The van der Waals surface area contributed by atoms with Crippen molar-refractivity contribution >= 4 is 28.8 Å². The maximum absolute atomic E-state index is 11.7. The molecule has 0 unspecified atom stereocenters. The molecule has 2 heterocycles. The number of carbonyl (C=O) groups excluding carboxylic acids is 1. The summed E-state index contributed by atoms with van der Waals surface area (Å²) in [4.78, 5) is 11.7. The minimum atomic E-state index is -0.304. The van der Waals surface area contributed by atoms with E-state index in [1.165, 1.54) is 0 Å². The summed E-state index contributed by atoms with van der Waals surface area (Å²) in [7, 11) is 0. The van der Waals surface area contributed by atoms with Gasteiger partial charge in [0.25, 0.3) is 5.91 Å². The Morgan fingerprint density at radius 3 is 3.00 bits per heavy atom. The summed E-state index contributed by atoms with van der Waals surface area (Å²) in [5.74, 6) is 1.10. The minimum absolute atomic E-state index is 0.231. The molecule has 0 saturated heterocycles. The molecule has 0 atom stereocenters. The molecule has 0 bridgehead atoms. The van der Waals surface area contributed by atoms with Crippen molar-refractivity contribution in [1.82, 2.24) is 15.5 Å². The summed E-state index contributed by atoms with van der Waals surface area (Å²) >= 11 is 6.66. The normalized spacial score (nSPS) is 12.5. The Labute approximate surface area is 117 Å². The van der Waals surface area contributed by atoms with Crippen LogP contribution in [0.15, 0.2) is 18.2 Å². The molecule has 0 saturated carbocycles. The Morgan fingerprint density at radius 2 is 2.21 bits per heavy atom. The second-order valence-corrected chi connectivity index (χ2v) is 5.29. The number of benzene rings is 1. The van der Waals surface area contributed by atoms with Gasteiger partial charge in [-0.3, -0.25) is 4.79 Å². The average Bonchev–Trinajstić information content (AvgIpc) is 3.03. The van der Waals surface area contributed by atoms with Crippen LogP contribution in [0.1, 0.15) is 15.4 Å². The molecule has 1 aliphatic rings. The number of ether oxygens (including phenoxy) is 2. The third kappa shape index (κ3) is 2.61. The molecule has 19 heavy (non-hydrogen) atoms. The molecule has 0 radical (unpaired) electrons. The van der Waals surface area contributed by atoms with Gasteiger partial charge in [0.1, 0.15) is 0 Å². The fourth-order valence-electron chi connectivity index (χ4n) is 1.61. The fourth-order valence-corrected chi connectivity index (χ4v) is 2.35. The van der Waals surface area contributed by atoms with Crippen LogP contribution in [0.3, 0.4) is 0 Å². The third-order valence-corrected chi connectivity index (χ3v) is 3.50. The van der Waals surface area contributed by atoms with E-state index in [4.69, 9.17) is 21.1 Å².